The number of rotatable bonds is 3. The van der Waals surface area contributed by atoms with Crippen molar-refractivity contribution in [3.8, 4) is 0 Å². The molecule has 0 aliphatic rings. The second-order valence-corrected chi connectivity index (χ2v) is 3.95. The summed E-state index contributed by atoms with van der Waals surface area (Å²) in [7, 11) is 0. The minimum Gasteiger partial charge on any atom is -0.477 e. The first kappa shape index (κ1) is 13.1. The summed E-state index contributed by atoms with van der Waals surface area (Å²) in [6, 6.07) is 3.66. The van der Waals surface area contributed by atoms with E-state index in [0.717, 1.165) is 12.3 Å². The molecule has 0 aromatic carbocycles. The Morgan fingerprint density at radius 2 is 2.05 bits per heavy atom. The van der Waals surface area contributed by atoms with Crippen LogP contribution in [0.15, 0.2) is 30.6 Å². The molecule has 0 saturated carbocycles. The maximum atomic E-state index is 12.3. The van der Waals surface area contributed by atoms with Gasteiger partial charge in [0.2, 0.25) is 0 Å². The van der Waals surface area contributed by atoms with Crippen molar-refractivity contribution in [2.45, 2.75) is 12.6 Å². The molecule has 0 aliphatic carbocycles. The van der Waals surface area contributed by atoms with Crippen molar-refractivity contribution in [3.63, 3.8) is 0 Å². The number of aromatic carboxylic acids is 1. The summed E-state index contributed by atoms with van der Waals surface area (Å²) < 4.78 is 36.9. The van der Waals surface area contributed by atoms with Gasteiger partial charge in [-0.1, -0.05) is 6.07 Å². The minimum absolute atomic E-state index is 0.0369. The van der Waals surface area contributed by atoms with Crippen LogP contribution in [0.25, 0.3) is 0 Å². The molecule has 2 N–H and O–H groups in total. The number of nitrogens with one attached hydrogen (secondary N) is 1. The monoisotopic (exact) mass is 270 g/mol. The highest BCUT2D eigenvalue weighted by molar-refractivity contribution is 5.85. The topological polar surface area (TPSA) is 66.0 Å². The average Bonchev–Trinajstić information content (AvgIpc) is 2.77. The predicted octanol–water partition coefficient (Wildman–Crippen LogP) is 2.72. The number of hydrogen-bond donors (Lipinski definition) is 2. The Kier molecular flexibility index (Phi) is 3.28. The first-order valence-corrected chi connectivity index (χ1v) is 5.29. The number of carboxylic acid groups (broad SMARTS) is 1. The second-order valence-electron chi connectivity index (χ2n) is 3.95. The molecule has 2 aromatic rings. The molecule has 0 aliphatic heterocycles. The van der Waals surface area contributed by atoms with Crippen molar-refractivity contribution in [3.05, 3.63) is 53.1 Å². The molecule has 2 rings (SSSR count). The van der Waals surface area contributed by atoms with Crippen molar-refractivity contribution in [1.29, 1.82) is 0 Å². The van der Waals surface area contributed by atoms with Crippen LogP contribution in [0.1, 0.15) is 27.3 Å². The molecular formula is C12H9F3N2O2. The van der Waals surface area contributed by atoms with Crippen molar-refractivity contribution in [2.75, 3.05) is 0 Å². The summed E-state index contributed by atoms with van der Waals surface area (Å²) in [5, 5.41) is 8.72. The highest BCUT2D eigenvalue weighted by Gasteiger charge is 2.31. The number of pyridine rings is 1. The predicted molar refractivity (Wildman–Crippen MR) is 59.8 cm³/mol. The number of nitrogens with zero attached hydrogens (tertiary/aromatic N) is 1. The summed E-state index contributed by atoms with van der Waals surface area (Å²) >= 11 is 0. The summed E-state index contributed by atoms with van der Waals surface area (Å²) in [6.07, 6.45) is -1.50. The number of carbonyl (C=O) groups is 1. The molecule has 0 saturated heterocycles. The van der Waals surface area contributed by atoms with Crippen LogP contribution < -0.4 is 0 Å². The fourth-order valence-corrected chi connectivity index (χ4v) is 1.60. The Labute approximate surface area is 105 Å². The highest BCUT2D eigenvalue weighted by atomic mass is 19.4. The van der Waals surface area contributed by atoms with Gasteiger partial charge in [0, 0.05) is 18.8 Å². The van der Waals surface area contributed by atoms with Crippen molar-refractivity contribution in [2.24, 2.45) is 0 Å². The minimum atomic E-state index is -4.46. The summed E-state index contributed by atoms with van der Waals surface area (Å²) in [5.41, 5.74) is 0.328. The van der Waals surface area contributed by atoms with Crippen LogP contribution >= 0.6 is 0 Å². The molecule has 7 heteroatoms. The van der Waals surface area contributed by atoms with Crippen LogP contribution in [0.2, 0.25) is 0 Å². The van der Waals surface area contributed by atoms with E-state index >= 15 is 0 Å². The number of hydrogen-bond acceptors (Lipinski definition) is 2. The van der Waals surface area contributed by atoms with Gasteiger partial charge in [0.15, 0.2) is 0 Å². The van der Waals surface area contributed by atoms with E-state index in [-0.39, 0.29) is 5.69 Å². The molecule has 0 atom stereocenters. The Morgan fingerprint density at radius 1 is 1.32 bits per heavy atom. The SMILES string of the molecule is O=C(O)c1cc(Cc2ccc(C(F)(F)F)nc2)c[nH]1. The molecule has 2 aromatic heterocycles. The number of aromatic amines is 1. The van der Waals surface area contributed by atoms with Gasteiger partial charge in [-0.05, 0) is 23.3 Å². The zero-order valence-electron chi connectivity index (χ0n) is 9.53. The molecule has 100 valence electrons. The molecule has 0 spiro atoms. The molecule has 0 amide bonds. The lowest BCUT2D eigenvalue weighted by molar-refractivity contribution is -0.141. The molecule has 0 bridgehead atoms. The van der Waals surface area contributed by atoms with Crippen LogP contribution in [0.4, 0.5) is 13.2 Å². The van der Waals surface area contributed by atoms with Gasteiger partial charge < -0.3 is 10.1 Å². The highest BCUT2D eigenvalue weighted by Crippen LogP contribution is 2.27. The third-order valence-electron chi connectivity index (χ3n) is 2.50. The summed E-state index contributed by atoms with van der Waals surface area (Å²) in [5.74, 6) is -1.09. The first-order chi connectivity index (χ1) is 8.86. The van der Waals surface area contributed by atoms with Crippen LogP contribution in [0.5, 0.6) is 0 Å². The maximum absolute atomic E-state index is 12.3. The Hall–Kier alpha value is -2.31. The van der Waals surface area contributed by atoms with Gasteiger partial charge in [-0.3, -0.25) is 4.98 Å². The molecule has 2 heterocycles. The van der Waals surface area contributed by atoms with E-state index in [1.54, 1.807) is 0 Å². The largest absolute Gasteiger partial charge is 0.477 e. The normalized spacial score (nSPS) is 11.5. The number of H-pyrrole nitrogens is 1. The lowest BCUT2D eigenvalue weighted by atomic mass is 10.1. The van der Waals surface area contributed by atoms with Gasteiger partial charge in [-0.15, -0.1) is 0 Å². The van der Waals surface area contributed by atoms with Crippen molar-refractivity contribution >= 4 is 5.97 Å². The number of aromatic nitrogens is 2. The van der Waals surface area contributed by atoms with Crippen LogP contribution in [-0.2, 0) is 12.6 Å². The Balaban J connectivity index is 2.13. The number of halogens is 3. The second kappa shape index (κ2) is 4.75. The van der Waals surface area contributed by atoms with Gasteiger partial charge in [-0.2, -0.15) is 13.2 Å². The average molecular weight is 270 g/mol. The first-order valence-electron chi connectivity index (χ1n) is 5.29. The van der Waals surface area contributed by atoms with Gasteiger partial charge in [0.05, 0.1) is 0 Å². The zero-order chi connectivity index (χ0) is 14.0. The number of carboxylic acids is 1. The summed E-state index contributed by atoms with van der Waals surface area (Å²) in [4.78, 5) is 16.6. The molecule has 19 heavy (non-hydrogen) atoms. The van der Waals surface area contributed by atoms with E-state index in [0.29, 0.717) is 17.5 Å². The van der Waals surface area contributed by atoms with Gasteiger partial charge in [-0.25, -0.2) is 4.79 Å². The van der Waals surface area contributed by atoms with E-state index in [1.165, 1.54) is 18.3 Å². The van der Waals surface area contributed by atoms with E-state index in [4.69, 9.17) is 5.11 Å². The van der Waals surface area contributed by atoms with Gasteiger partial charge in [0.25, 0.3) is 0 Å². The van der Waals surface area contributed by atoms with Gasteiger partial charge in [0.1, 0.15) is 11.4 Å². The van der Waals surface area contributed by atoms with Crippen LogP contribution in [-0.4, -0.2) is 21.0 Å². The fourth-order valence-electron chi connectivity index (χ4n) is 1.60. The Morgan fingerprint density at radius 3 is 2.53 bits per heavy atom. The maximum Gasteiger partial charge on any atom is 0.433 e. The number of alkyl halides is 3. The molecule has 0 radical (unpaired) electrons. The van der Waals surface area contributed by atoms with Crippen LogP contribution in [0, 0.1) is 0 Å². The van der Waals surface area contributed by atoms with E-state index in [9.17, 15) is 18.0 Å². The third-order valence-corrected chi connectivity index (χ3v) is 2.50. The third kappa shape index (κ3) is 3.12. The molecule has 0 fully saturated rings. The quantitative estimate of drug-likeness (QED) is 0.901. The standard InChI is InChI=1S/C12H9F3N2O2/c13-12(14,15)10-2-1-7(5-17-10)3-8-4-9(11(18)19)16-6-8/h1-2,4-6,16H,3H2,(H,18,19). The fraction of sp³-hybridized carbons (Fsp3) is 0.167. The van der Waals surface area contributed by atoms with Crippen LogP contribution in [0.3, 0.4) is 0 Å². The lowest BCUT2D eigenvalue weighted by Crippen LogP contribution is -2.07. The molecule has 0 unspecified atom stereocenters. The Bertz CT molecular complexity index is 588. The van der Waals surface area contributed by atoms with Crippen molar-refractivity contribution < 1.29 is 23.1 Å². The smallest absolute Gasteiger partial charge is 0.433 e. The molecular weight excluding hydrogens is 261 g/mol. The zero-order valence-corrected chi connectivity index (χ0v) is 9.53. The lowest BCUT2D eigenvalue weighted by Gasteiger charge is -2.05. The van der Waals surface area contributed by atoms with E-state index in [2.05, 4.69) is 9.97 Å². The summed E-state index contributed by atoms with van der Waals surface area (Å²) in [6.45, 7) is 0. The van der Waals surface area contributed by atoms with Crippen molar-refractivity contribution in [1.82, 2.24) is 9.97 Å². The van der Waals surface area contributed by atoms with E-state index in [1.807, 2.05) is 0 Å². The molecule has 4 nitrogen and oxygen atoms in total. The van der Waals surface area contributed by atoms with Gasteiger partial charge >= 0.3 is 12.1 Å². The van der Waals surface area contributed by atoms with E-state index < -0.39 is 17.8 Å².